The molecule has 3 aliphatic heterocycles. The van der Waals surface area contributed by atoms with Crippen LogP contribution in [0.3, 0.4) is 0 Å². The van der Waals surface area contributed by atoms with Gasteiger partial charge in [0.1, 0.15) is 73.2 Å². The van der Waals surface area contributed by atoms with Crippen molar-refractivity contribution in [1.29, 1.82) is 0 Å². The maximum absolute atomic E-state index is 13.4. The molecule has 0 spiro atoms. The fourth-order valence-corrected chi connectivity index (χ4v) is 13.1. The highest BCUT2D eigenvalue weighted by Crippen LogP contribution is 2.33. The molecule has 0 bridgehead atoms. The molecule has 3 aliphatic rings. The topological polar surface area (TPSA) is 307 Å². The normalized spacial score (nSPS) is 27.6. The average Bonchev–Trinajstić information content (AvgIpc) is 0.994. The molecule has 3 fully saturated rings. The summed E-state index contributed by atoms with van der Waals surface area (Å²) in [6.45, 7) is 1.75. The Morgan fingerprint density at radius 2 is 0.688 bits per heavy atom. The molecule has 19 heteroatoms. The van der Waals surface area contributed by atoms with Crippen molar-refractivity contribution in [2.24, 2.45) is 0 Å². The summed E-state index contributed by atoms with van der Waals surface area (Å²) in [5.74, 6) is -0.279. The van der Waals surface area contributed by atoms with Gasteiger partial charge in [-0.05, 0) is 32.1 Å². The van der Waals surface area contributed by atoms with Crippen LogP contribution in [0.15, 0.2) is 24.3 Å². The van der Waals surface area contributed by atoms with Crippen LogP contribution in [0.25, 0.3) is 0 Å². The highest BCUT2D eigenvalue weighted by Gasteiger charge is 2.53. The number of ether oxygens (including phenoxy) is 6. The second kappa shape index (κ2) is 56.1. The van der Waals surface area contributed by atoms with Crippen LogP contribution in [0.5, 0.6) is 0 Å². The van der Waals surface area contributed by atoms with E-state index in [1.165, 1.54) is 238 Å². The Morgan fingerprint density at radius 1 is 0.376 bits per heavy atom. The van der Waals surface area contributed by atoms with E-state index in [0.29, 0.717) is 12.8 Å². The Bertz CT molecular complexity index is 1780. The molecule has 17 atom stereocenters. The molecule has 0 saturated carbocycles. The number of hydrogen-bond donors (Lipinski definition) is 12. The van der Waals surface area contributed by atoms with Crippen molar-refractivity contribution < 1.29 is 89.4 Å². The lowest BCUT2D eigenvalue weighted by Crippen LogP contribution is -2.66. The summed E-state index contributed by atoms with van der Waals surface area (Å²) in [5, 5.41) is 121. The zero-order chi connectivity index (χ0) is 67.5. The molecule has 3 saturated heterocycles. The van der Waals surface area contributed by atoms with Crippen molar-refractivity contribution >= 4 is 5.91 Å². The van der Waals surface area contributed by atoms with Gasteiger partial charge in [-0.15, -0.1) is 0 Å². The zero-order valence-corrected chi connectivity index (χ0v) is 58.3. The third kappa shape index (κ3) is 37.3. The van der Waals surface area contributed by atoms with Gasteiger partial charge in [0.05, 0.1) is 38.6 Å². The van der Waals surface area contributed by atoms with Crippen LogP contribution >= 0.6 is 0 Å². The third-order valence-electron chi connectivity index (χ3n) is 19.3. The predicted molar refractivity (Wildman–Crippen MR) is 365 cm³/mol. The lowest BCUT2D eigenvalue weighted by atomic mass is 9.96. The van der Waals surface area contributed by atoms with Gasteiger partial charge in [-0.1, -0.05) is 295 Å². The minimum atomic E-state index is -1.98. The molecule has 12 N–H and O–H groups in total. The summed E-state index contributed by atoms with van der Waals surface area (Å²) in [5.41, 5.74) is 0. The Kier molecular flexibility index (Phi) is 51.5. The largest absolute Gasteiger partial charge is 0.394 e. The van der Waals surface area contributed by atoms with E-state index >= 15 is 0 Å². The predicted octanol–water partition coefficient (Wildman–Crippen LogP) is 11.4. The summed E-state index contributed by atoms with van der Waals surface area (Å²) >= 11 is 0. The molecule has 1 amide bonds. The fourth-order valence-electron chi connectivity index (χ4n) is 13.1. The van der Waals surface area contributed by atoms with Crippen LogP contribution in [0.4, 0.5) is 0 Å². The molecule has 0 aromatic carbocycles. The van der Waals surface area contributed by atoms with Crippen molar-refractivity contribution in [1.82, 2.24) is 5.32 Å². The van der Waals surface area contributed by atoms with E-state index in [4.69, 9.17) is 28.4 Å². The zero-order valence-electron chi connectivity index (χ0n) is 58.3. The molecule has 3 rings (SSSR count). The smallest absolute Gasteiger partial charge is 0.220 e. The van der Waals surface area contributed by atoms with Crippen molar-refractivity contribution in [2.45, 2.75) is 413 Å². The first-order valence-corrected chi connectivity index (χ1v) is 38.1. The molecule has 0 aromatic rings. The van der Waals surface area contributed by atoms with Gasteiger partial charge in [0.25, 0.3) is 0 Å². The van der Waals surface area contributed by atoms with Gasteiger partial charge in [0.2, 0.25) is 5.91 Å². The molecule has 0 radical (unpaired) electrons. The molecule has 19 nitrogen and oxygen atoms in total. The molecule has 0 aromatic heterocycles. The molecular formula is C74H139NO18. The number of unbranched alkanes of at least 4 members (excludes halogenated alkanes) is 42. The van der Waals surface area contributed by atoms with Crippen LogP contribution in [0.1, 0.15) is 309 Å². The molecule has 0 aliphatic carbocycles. The minimum absolute atomic E-state index is 0.241. The maximum atomic E-state index is 13.4. The molecule has 548 valence electrons. The highest BCUT2D eigenvalue weighted by atomic mass is 16.8. The number of allylic oxidation sites excluding steroid dienone is 3. The summed E-state index contributed by atoms with van der Waals surface area (Å²) in [6.07, 6.45) is 39.0. The Labute approximate surface area is 562 Å². The first-order chi connectivity index (χ1) is 45.3. The van der Waals surface area contributed by atoms with Crippen molar-refractivity contribution in [3.05, 3.63) is 24.3 Å². The first kappa shape index (κ1) is 85.5. The van der Waals surface area contributed by atoms with Crippen molar-refractivity contribution in [3.63, 3.8) is 0 Å². The number of rotatable bonds is 60. The standard InChI is InChI=1S/C74H139NO18/c1-3-5-7-9-11-13-15-17-19-21-22-23-24-25-26-27-28-29-30-31-32-33-34-35-36-38-40-42-44-46-48-50-52-62(80)75-57(58(79)51-49-47-45-43-41-39-37-20-18-16-14-12-10-8-6-4-2)56-88-72-68(86)65(83)70(60(54-77)90-72)93-74-69(87)66(84)71(61(55-78)91-74)92-73-67(85)64(82)63(81)59(53-76)89-73/h41,43,49,51,57-61,63-74,76-79,81-87H,3-40,42,44-48,50,52-56H2,1-2H3,(H,75,80)/b43-41+,51-49+. The number of carbonyl (C=O) groups is 1. The van der Waals surface area contributed by atoms with Gasteiger partial charge in [-0.2, -0.15) is 0 Å². The minimum Gasteiger partial charge on any atom is -0.394 e. The van der Waals surface area contributed by atoms with Crippen molar-refractivity contribution in [3.8, 4) is 0 Å². The number of hydrogen-bond acceptors (Lipinski definition) is 18. The Morgan fingerprint density at radius 3 is 1.08 bits per heavy atom. The lowest BCUT2D eigenvalue weighted by molar-refractivity contribution is -0.379. The van der Waals surface area contributed by atoms with Crippen LogP contribution < -0.4 is 5.32 Å². The maximum Gasteiger partial charge on any atom is 0.220 e. The van der Waals surface area contributed by atoms with Crippen LogP contribution in [-0.2, 0) is 33.2 Å². The summed E-state index contributed by atoms with van der Waals surface area (Å²) in [4.78, 5) is 13.4. The van der Waals surface area contributed by atoms with Gasteiger partial charge >= 0.3 is 0 Å². The van der Waals surface area contributed by atoms with E-state index < -0.39 is 124 Å². The van der Waals surface area contributed by atoms with E-state index in [0.717, 1.165) is 38.5 Å². The molecular weight excluding hydrogens is 1190 g/mol. The molecule has 17 unspecified atom stereocenters. The average molecular weight is 1330 g/mol. The van der Waals surface area contributed by atoms with Gasteiger partial charge < -0.3 is 89.9 Å². The molecule has 3 heterocycles. The van der Waals surface area contributed by atoms with Gasteiger partial charge in [0, 0.05) is 6.42 Å². The first-order valence-electron chi connectivity index (χ1n) is 38.1. The highest BCUT2D eigenvalue weighted by molar-refractivity contribution is 5.76. The van der Waals surface area contributed by atoms with E-state index in [1.807, 2.05) is 6.08 Å². The van der Waals surface area contributed by atoms with E-state index in [1.54, 1.807) is 6.08 Å². The summed E-state index contributed by atoms with van der Waals surface area (Å²) in [7, 11) is 0. The van der Waals surface area contributed by atoms with Crippen LogP contribution in [-0.4, -0.2) is 193 Å². The summed E-state index contributed by atoms with van der Waals surface area (Å²) < 4.78 is 34.4. The van der Waals surface area contributed by atoms with Gasteiger partial charge in [0.15, 0.2) is 18.9 Å². The quantitative estimate of drug-likeness (QED) is 0.0199. The lowest BCUT2D eigenvalue weighted by Gasteiger charge is -2.48. The van der Waals surface area contributed by atoms with Crippen LogP contribution in [0.2, 0.25) is 0 Å². The SMILES string of the molecule is CCCCCCCCCCCC/C=C/CC/C=C/C(O)C(COC1OC(CO)C(OC2OC(CO)C(OC3OC(CO)C(O)C(O)C3O)C(O)C2O)C(O)C1O)NC(=O)CCCCCCCCCCCCCCCCCCCCCCCCCCCCCCCCCC. The number of amides is 1. The number of aliphatic hydroxyl groups excluding tert-OH is 11. The van der Waals surface area contributed by atoms with Gasteiger partial charge in [-0.3, -0.25) is 4.79 Å². The van der Waals surface area contributed by atoms with E-state index in [2.05, 4.69) is 31.3 Å². The summed E-state index contributed by atoms with van der Waals surface area (Å²) in [6, 6.07) is -0.987. The monoisotopic (exact) mass is 1330 g/mol. The number of aliphatic hydroxyl groups is 11. The second-order valence-electron chi connectivity index (χ2n) is 27.5. The van der Waals surface area contributed by atoms with Crippen molar-refractivity contribution in [2.75, 3.05) is 26.4 Å². The molecule has 93 heavy (non-hydrogen) atoms. The number of nitrogens with one attached hydrogen (secondary N) is 1. The third-order valence-corrected chi connectivity index (χ3v) is 19.3. The Hall–Kier alpha value is -1.73. The second-order valence-corrected chi connectivity index (χ2v) is 27.5. The number of carbonyl (C=O) groups excluding carboxylic acids is 1. The Balaban J connectivity index is 1.36. The fraction of sp³-hybridized carbons (Fsp3) is 0.932. The van der Waals surface area contributed by atoms with E-state index in [9.17, 15) is 61.0 Å². The van der Waals surface area contributed by atoms with Crippen LogP contribution in [0, 0.1) is 0 Å². The van der Waals surface area contributed by atoms with Gasteiger partial charge in [-0.25, -0.2) is 0 Å². The van der Waals surface area contributed by atoms with E-state index in [-0.39, 0.29) is 18.9 Å².